The van der Waals surface area contributed by atoms with Crippen LogP contribution in [0.1, 0.15) is 17.5 Å². The number of aromatic nitrogens is 3. The van der Waals surface area contributed by atoms with Gasteiger partial charge in [0, 0.05) is 56.4 Å². The van der Waals surface area contributed by atoms with E-state index in [0.717, 1.165) is 31.1 Å². The SMILES string of the molecule is Cc1cnc(N2CC3(CCN(Cc4cccnc4)C3)C2)nc1. The van der Waals surface area contributed by atoms with Gasteiger partial charge in [0.05, 0.1) is 0 Å². The van der Waals surface area contributed by atoms with E-state index in [1.165, 1.54) is 25.1 Å². The highest BCUT2D eigenvalue weighted by Gasteiger charge is 2.48. The van der Waals surface area contributed by atoms with Crippen molar-refractivity contribution in [2.45, 2.75) is 19.9 Å². The lowest BCUT2D eigenvalue weighted by atomic mass is 9.79. The van der Waals surface area contributed by atoms with E-state index in [4.69, 9.17) is 0 Å². The molecular weight excluding hydrogens is 274 g/mol. The second-order valence-corrected chi connectivity index (χ2v) is 6.74. The molecule has 0 bridgehead atoms. The monoisotopic (exact) mass is 295 g/mol. The van der Waals surface area contributed by atoms with Crippen molar-refractivity contribution < 1.29 is 0 Å². The van der Waals surface area contributed by atoms with Crippen molar-refractivity contribution in [3.63, 3.8) is 0 Å². The van der Waals surface area contributed by atoms with Crippen molar-refractivity contribution in [3.8, 4) is 0 Å². The van der Waals surface area contributed by atoms with Gasteiger partial charge in [-0.25, -0.2) is 9.97 Å². The van der Waals surface area contributed by atoms with Gasteiger partial charge in [-0.05, 0) is 37.1 Å². The summed E-state index contributed by atoms with van der Waals surface area (Å²) >= 11 is 0. The summed E-state index contributed by atoms with van der Waals surface area (Å²) in [6, 6.07) is 4.17. The first kappa shape index (κ1) is 13.6. The van der Waals surface area contributed by atoms with Crippen LogP contribution in [0.15, 0.2) is 36.9 Å². The summed E-state index contributed by atoms with van der Waals surface area (Å²) in [7, 11) is 0. The third-order valence-corrected chi connectivity index (χ3v) is 4.75. The number of anilines is 1. The van der Waals surface area contributed by atoms with Gasteiger partial charge in [-0.1, -0.05) is 6.07 Å². The fourth-order valence-corrected chi connectivity index (χ4v) is 3.62. The Kier molecular flexibility index (Phi) is 3.30. The molecule has 2 aromatic rings. The molecule has 0 N–H and O–H groups in total. The number of rotatable bonds is 3. The summed E-state index contributed by atoms with van der Waals surface area (Å²) in [5, 5.41) is 0. The third-order valence-electron chi connectivity index (χ3n) is 4.75. The Labute approximate surface area is 131 Å². The van der Waals surface area contributed by atoms with Crippen LogP contribution in [-0.2, 0) is 6.54 Å². The van der Waals surface area contributed by atoms with Crippen LogP contribution in [-0.4, -0.2) is 46.0 Å². The van der Waals surface area contributed by atoms with Crippen molar-refractivity contribution >= 4 is 5.95 Å². The molecule has 2 aromatic heterocycles. The normalized spacial score (nSPS) is 20.3. The van der Waals surface area contributed by atoms with Gasteiger partial charge >= 0.3 is 0 Å². The first-order valence-electron chi connectivity index (χ1n) is 7.87. The van der Waals surface area contributed by atoms with E-state index in [9.17, 15) is 0 Å². The minimum atomic E-state index is 0.441. The molecule has 2 aliphatic heterocycles. The summed E-state index contributed by atoms with van der Waals surface area (Å²) in [5.74, 6) is 0.877. The molecule has 0 aliphatic carbocycles. The van der Waals surface area contributed by atoms with Gasteiger partial charge in [-0.15, -0.1) is 0 Å². The number of hydrogen-bond donors (Lipinski definition) is 0. The van der Waals surface area contributed by atoms with Crippen molar-refractivity contribution in [2.75, 3.05) is 31.1 Å². The van der Waals surface area contributed by atoms with Gasteiger partial charge in [0.15, 0.2) is 0 Å². The first-order valence-corrected chi connectivity index (χ1v) is 7.87. The molecule has 5 nitrogen and oxygen atoms in total. The smallest absolute Gasteiger partial charge is 0.225 e. The van der Waals surface area contributed by atoms with Gasteiger partial charge in [0.2, 0.25) is 5.95 Å². The lowest BCUT2D eigenvalue weighted by Gasteiger charge is -2.48. The molecule has 0 atom stereocenters. The first-order chi connectivity index (χ1) is 10.7. The van der Waals surface area contributed by atoms with Crippen LogP contribution in [0.5, 0.6) is 0 Å². The largest absolute Gasteiger partial charge is 0.339 e. The minimum Gasteiger partial charge on any atom is -0.339 e. The number of pyridine rings is 1. The topological polar surface area (TPSA) is 45.2 Å². The fourth-order valence-electron chi connectivity index (χ4n) is 3.62. The molecule has 4 heterocycles. The second-order valence-electron chi connectivity index (χ2n) is 6.74. The Morgan fingerprint density at radius 1 is 1.14 bits per heavy atom. The Bertz CT molecular complexity index is 634. The van der Waals surface area contributed by atoms with E-state index >= 15 is 0 Å². The van der Waals surface area contributed by atoms with E-state index < -0.39 is 0 Å². The molecule has 114 valence electrons. The molecule has 0 saturated carbocycles. The Morgan fingerprint density at radius 3 is 2.68 bits per heavy atom. The van der Waals surface area contributed by atoms with E-state index in [1.807, 2.05) is 37.8 Å². The summed E-state index contributed by atoms with van der Waals surface area (Å²) in [5.41, 5.74) is 2.86. The van der Waals surface area contributed by atoms with Crippen molar-refractivity contribution in [1.82, 2.24) is 19.9 Å². The summed E-state index contributed by atoms with van der Waals surface area (Å²) in [6.45, 7) is 7.55. The zero-order chi connectivity index (χ0) is 15.0. The Morgan fingerprint density at radius 2 is 1.95 bits per heavy atom. The van der Waals surface area contributed by atoms with Crippen LogP contribution in [0.25, 0.3) is 0 Å². The highest BCUT2D eigenvalue weighted by Crippen LogP contribution is 2.41. The maximum absolute atomic E-state index is 4.43. The van der Waals surface area contributed by atoms with E-state index in [-0.39, 0.29) is 0 Å². The molecule has 1 spiro atoms. The van der Waals surface area contributed by atoms with Crippen LogP contribution < -0.4 is 4.90 Å². The number of likely N-dealkylation sites (tertiary alicyclic amines) is 1. The molecule has 2 saturated heterocycles. The Balaban J connectivity index is 1.35. The molecule has 0 unspecified atom stereocenters. The molecular formula is C17H21N5. The maximum Gasteiger partial charge on any atom is 0.225 e. The average Bonchev–Trinajstić information content (AvgIpc) is 2.92. The van der Waals surface area contributed by atoms with Gasteiger partial charge in [0.25, 0.3) is 0 Å². The number of hydrogen-bond acceptors (Lipinski definition) is 5. The van der Waals surface area contributed by atoms with Crippen LogP contribution >= 0.6 is 0 Å². The lowest BCUT2D eigenvalue weighted by Crippen LogP contribution is -2.58. The average molecular weight is 295 g/mol. The van der Waals surface area contributed by atoms with Gasteiger partial charge in [-0.2, -0.15) is 0 Å². The molecule has 0 amide bonds. The van der Waals surface area contributed by atoms with Gasteiger partial charge in [0.1, 0.15) is 0 Å². The van der Waals surface area contributed by atoms with Crippen molar-refractivity contribution in [1.29, 1.82) is 0 Å². The van der Waals surface area contributed by atoms with E-state index in [0.29, 0.717) is 5.41 Å². The van der Waals surface area contributed by atoms with Crippen molar-refractivity contribution in [2.24, 2.45) is 5.41 Å². The predicted octanol–water partition coefficient (Wildman–Crippen LogP) is 1.89. The summed E-state index contributed by atoms with van der Waals surface area (Å²) in [6.07, 6.45) is 8.88. The standard InChI is InChI=1S/C17H21N5/c1-14-7-19-16(20-8-14)22-12-17(13-22)4-6-21(11-17)10-15-3-2-5-18-9-15/h2-3,5,7-9H,4,6,10-13H2,1H3. The molecule has 0 radical (unpaired) electrons. The lowest BCUT2D eigenvalue weighted by molar-refractivity contribution is 0.200. The van der Waals surface area contributed by atoms with Crippen molar-refractivity contribution in [3.05, 3.63) is 48.0 Å². The molecule has 4 rings (SSSR count). The Hall–Kier alpha value is -2.01. The quantitative estimate of drug-likeness (QED) is 0.865. The van der Waals surface area contributed by atoms with Crippen LogP contribution in [0.2, 0.25) is 0 Å². The van der Waals surface area contributed by atoms with Crippen LogP contribution in [0, 0.1) is 12.3 Å². The number of nitrogens with zero attached hydrogens (tertiary/aromatic N) is 5. The molecule has 2 fully saturated rings. The van der Waals surface area contributed by atoms with E-state index in [1.54, 1.807) is 0 Å². The molecule has 0 aromatic carbocycles. The molecule has 22 heavy (non-hydrogen) atoms. The molecule has 2 aliphatic rings. The summed E-state index contributed by atoms with van der Waals surface area (Å²) in [4.78, 5) is 17.9. The number of aryl methyl sites for hydroxylation is 1. The van der Waals surface area contributed by atoms with Crippen LogP contribution in [0.4, 0.5) is 5.95 Å². The third kappa shape index (κ3) is 2.57. The maximum atomic E-state index is 4.43. The van der Waals surface area contributed by atoms with E-state index in [2.05, 4.69) is 30.8 Å². The molecule has 5 heteroatoms. The zero-order valence-corrected chi connectivity index (χ0v) is 12.9. The van der Waals surface area contributed by atoms with Gasteiger partial charge in [-0.3, -0.25) is 9.88 Å². The summed E-state index contributed by atoms with van der Waals surface area (Å²) < 4.78 is 0. The highest BCUT2D eigenvalue weighted by atomic mass is 15.3. The highest BCUT2D eigenvalue weighted by molar-refractivity contribution is 5.37. The zero-order valence-electron chi connectivity index (χ0n) is 12.9. The minimum absolute atomic E-state index is 0.441. The second kappa shape index (κ2) is 5.32. The predicted molar refractivity (Wildman–Crippen MR) is 85.5 cm³/mol. The fraction of sp³-hybridized carbons (Fsp3) is 0.471. The van der Waals surface area contributed by atoms with Crippen LogP contribution in [0.3, 0.4) is 0 Å². The van der Waals surface area contributed by atoms with Gasteiger partial charge < -0.3 is 4.90 Å².